The molecule has 1 spiro atoms. The van der Waals surface area contributed by atoms with Gasteiger partial charge in [0.25, 0.3) is 0 Å². The molecule has 2 aromatic carbocycles. The molecule has 0 bridgehead atoms. The second-order valence-electron chi connectivity index (χ2n) is 8.17. The molecule has 142 valence electrons. The van der Waals surface area contributed by atoms with Crippen molar-refractivity contribution in [1.29, 1.82) is 0 Å². The van der Waals surface area contributed by atoms with Crippen molar-refractivity contribution >= 4 is 17.3 Å². The Hall–Kier alpha value is -2.34. The van der Waals surface area contributed by atoms with Gasteiger partial charge in [-0.05, 0) is 56.8 Å². The van der Waals surface area contributed by atoms with Gasteiger partial charge in [0.2, 0.25) is 0 Å². The number of hydrogen-bond acceptors (Lipinski definition) is 3. The molecule has 0 saturated carbocycles. The number of ether oxygens (including phenoxy) is 1. The largest absolute Gasteiger partial charge is 0.508 e. The van der Waals surface area contributed by atoms with Crippen molar-refractivity contribution in [2.75, 3.05) is 0 Å². The average Bonchev–Trinajstić information content (AvgIpc) is 2.57. The van der Waals surface area contributed by atoms with Crippen LogP contribution in [0.4, 0.5) is 4.39 Å². The van der Waals surface area contributed by atoms with Crippen LogP contribution in [0.5, 0.6) is 11.5 Å². The number of thiocarbonyl (C=S) groups is 1. The minimum Gasteiger partial charge on any atom is -0.508 e. The third kappa shape index (κ3) is 3.23. The number of hydrogen-bond donors (Lipinski definition) is 3. The number of nitrogens with one attached hydrogen (secondary N) is 2. The fourth-order valence-electron chi connectivity index (χ4n) is 4.31. The van der Waals surface area contributed by atoms with E-state index in [1.165, 1.54) is 12.1 Å². The molecule has 2 aliphatic rings. The Balaban J connectivity index is 1.86. The van der Waals surface area contributed by atoms with E-state index in [-0.39, 0.29) is 23.0 Å². The first-order valence-corrected chi connectivity index (χ1v) is 9.46. The molecule has 4 rings (SSSR count). The lowest BCUT2D eigenvalue weighted by atomic mass is 9.77. The summed E-state index contributed by atoms with van der Waals surface area (Å²) in [6, 6.07) is 10.2. The summed E-state index contributed by atoms with van der Waals surface area (Å²) in [6.45, 7) is 6.02. The Kier molecular flexibility index (Phi) is 4.07. The molecule has 2 heterocycles. The lowest BCUT2D eigenvalue weighted by Crippen LogP contribution is -2.69. The molecule has 27 heavy (non-hydrogen) atoms. The molecule has 0 unspecified atom stereocenters. The van der Waals surface area contributed by atoms with Gasteiger partial charge >= 0.3 is 0 Å². The number of phenols is 1. The third-order valence-electron chi connectivity index (χ3n) is 5.41. The van der Waals surface area contributed by atoms with Crippen LogP contribution in [0.1, 0.15) is 49.3 Å². The molecule has 4 nitrogen and oxygen atoms in total. The van der Waals surface area contributed by atoms with Gasteiger partial charge in [-0.25, -0.2) is 4.39 Å². The zero-order chi connectivity index (χ0) is 19.4. The van der Waals surface area contributed by atoms with Crippen LogP contribution < -0.4 is 15.4 Å². The van der Waals surface area contributed by atoms with Gasteiger partial charge in [0.15, 0.2) is 10.8 Å². The number of fused-ring (bicyclic) bond motifs is 1. The van der Waals surface area contributed by atoms with Crippen LogP contribution in [0, 0.1) is 12.7 Å². The van der Waals surface area contributed by atoms with Crippen molar-refractivity contribution < 1.29 is 14.2 Å². The number of halogens is 1. The zero-order valence-electron chi connectivity index (χ0n) is 15.6. The molecular formula is C21H23FN2O2S. The molecule has 0 amide bonds. The van der Waals surface area contributed by atoms with Crippen LogP contribution in [0.25, 0.3) is 0 Å². The van der Waals surface area contributed by atoms with Crippen molar-refractivity contribution in [2.45, 2.75) is 50.8 Å². The summed E-state index contributed by atoms with van der Waals surface area (Å²) in [5, 5.41) is 17.4. The number of rotatable bonds is 1. The fraction of sp³-hybridized carbons (Fsp3) is 0.381. The Morgan fingerprint density at radius 3 is 2.52 bits per heavy atom. The van der Waals surface area contributed by atoms with E-state index in [1.807, 2.05) is 25.1 Å². The minimum atomic E-state index is -0.698. The maximum atomic E-state index is 13.5. The number of aromatic hydroxyl groups is 1. The summed E-state index contributed by atoms with van der Waals surface area (Å²) in [6.07, 6.45) is 1.34. The van der Waals surface area contributed by atoms with E-state index in [1.54, 1.807) is 6.07 Å². The van der Waals surface area contributed by atoms with Gasteiger partial charge in [-0.2, -0.15) is 0 Å². The van der Waals surface area contributed by atoms with Crippen LogP contribution in [0.3, 0.4) is 0 Å². The summed E-state index contributed by atoms with van der Waals surface area (Å²) in [5.41, 5.74) is 1.76. The smallest absolute Gasteiger partial charge is 0.185 e. The van der Waals surface area contributed by atoms with Crippen molar-refractivity contribution in [1.82, 2.24) is 10.6 Å². The number of benzene rings is 2. The van der Waals surface area contributed by atoms with E-state index in [2.05, 4.69) is 24.5 Å². The highest BCUT2D eigenvalue weighted by atomic mass is 32.1. The van der Waals surface area contributed by atoms with Gasteiger partial charge in [-0.3, -0.25) is 0 Å². The molecule has 1 fully saturated rings. The Bertz CT molecular complexity index is 913. The lowest BCUT2D eigenvalue weighted by Gasteiger charge is -2.51. The molecule has 2 aliphatic heterocycles. The Labute approximate surface area is 163 Å². The van der Waals surface area contributed by atoms with E-state index < -0.39 is 5.72 Å². The predicted octanol–water partition coefficient (Wildman–Crippen LogP) is 4.10. The highest BCUT2D eigenvalue weighted by Crippen LogP contribution is 2.49. The van der Waals surface area contributed by atoms with Gasteiger partial charge in [-0.15, -0.1) is 0 Å². The first-order chi connectivity index (χ1) is 12.7. The molecule has 3 N–H and O–H groups in total. The summed E-state index contributed by atoms with van der Waals surface area (Å²) in [5.74, 6) is 0.603. The quantitative estimate of drug-likeness (QED) is 0.645. The van der Waals surface area contributed by atoms with Crippen molar-refractivity contribution in [3.8, 4) is 11.5 Å². The summed E-state index contributed by atoms with van der Waals surface area (Å²) >= 11 is 5.44. The molecule has 2 atom stereocenters. The second kappa shape index (κ2) is 6.09. The molecule has 0 aromatic heterocycles. The molecule has 2 aromatic rings. The molecular weight excluding hydrogens is 363 g/mol. The van der Waals surface area contributed by atoms with E-state index in [4.69, 9.17) is 17.0 Å². The van der Waals surface area contributed by atoms with Crippen molar-refractivity contribution in [3.05, 3.63) is 58.9 Å². The minimum absolute atomic E-state index is 0.00199. The van der Waals surface area contributed by atoms with Gasteiger partial charge in [0.05, 0.1) is 0 Å². The van der Waals surface area contributed by atoms with Crippen molar-refractivity contribution in [2.24, 2.45) is 0 Å². The standard InChI is InChI=1S/C21H23FN2O2S/c1-12-17(25)9-8-15-16(13-4-6-14(22)7-5-13)10-21(26-18(12)15)11-20(2,3)23-19(27)24-21/h4-9,16,25H,10-11H2,1-3H3,(H2,23,24,27)/t16-,21-/m1/s1. The summed E-state index contributed by atoms with van der Waals surface area (Å²) < 4.78 is 20.0. The van der Waals surface area contributed by atoms with Crippen LogP contribution in [0.15, 0.2) is 36.4 Å². The highest BCUT2D eigenvalue weighted by molar-refractivity contribution is 7.80. The van der Waals surface area contributed by atoms with E-state index in [0.29, 0.717) is 29.3 Å². The molecule has 0 aliphatic carbocycles. The predicted molar refractivity (Wildman–Crippen MR) is 107 cm³/mol. The van der Waals surface area contributed by atoms with Crippen LogP contribution in [-0.4, -0.2) is 21.5 Å². The number of phenolic OH excluding ortho intramolecular Hbond substituents is 1. The van der Waals surface area contributed by atoms with Gasteiger partial charge < -0.3 is 20.5 Å². The van der Waals surface area contributed by atoms with Gasteiger partial charge in [0.1, 0.15) is 17.3 Å². The maximum Gasteiger partial charge on any atom is 0.185 e. The molecule has 1 saturated heterocycles. The highest BCUT2D eigenvalue weighted by Gasteiger charge is 2.49. The maximum absolute atomic E-state index is 13.5. The first kappa shape index (κ1) is 18.0. The average molecular weight is 386 g/mol. The zero-order valence-corrected chi connectivity index (χ0v) is 16.4. The lowest BCUT2D eigenvalue weighted by molar-refractivity contribution is -0.0134. The Morgan fingerprint density at radius 2 is 1.85 bits per heavy atom. The first-order valence-electron chi connectivity index (χ1n) is 9.05. The van der Waals surface area contributed by atoms with E-state index in [9.17, 15) is 9.50 Å². The third-order valence-corrected chi connectivity index (χ3v) is 5.61. The monoisotopic (exact) mass is 386 g/mol. The van der Waals surface area contributed by atoms with Gasteiger partial charge in [-0.1, -0.05) is 18.2 Å². The molecule has 6 heteroatoms. The van der Waals surface area contributed by atoms with Crippen LogP contribution in [0.2, 0.25) is 0 Å². The van der Waals surface area contributed by atoms with E-state index in [0.717, 1.165) is 11.1 Å². The molecule has 0 radical (unpaired) electrons. The SMILES string of the molecule is Cc1c(O)ccc2c1O[C@]1(C[C@@H]2c2ccc(F)cc2)CC(C)(C)NC(=S)N1. The van der Waals surface area contributed by atoms with Crippen molar-refractivity contribution in [3.63, 3.8) is 0 Å². The fourth-order valence-corrected chi connectivity index (χ4v) is 4.78. The van der Waals surface area contributed by atoms with E-state index >= 15 is 0 Å². The Morgan fingerprint density at radius 1 is 1.15 bits per heavy atom. The van der Waals surface area contributed by atoms with Gasteiger partial charge in [0, 0.05) is 35.4 Å². The summed E-state index contributed by atoms with van der Waals surface area (Å²) in [7, 11) is 0. The van der Waals surface area contributed by atoms with Crippen LogP contribution in [-0.2, 0) is 0 Å². The second-order valence-corrected chi connectivity index (χ2v) is 8.58. The topological polar surface area (TPSA) is 53.5 Å². The summed E-state index contributed by atoms with van der Waals surface area (Å²) in [4.78, 5) is 0. The normalized spacial score (nSPS) is 25.9. The van der Waals surface area contributed by atoms with Crippen LogP contribution >= 0.6 is 12.2 Å².